The number of anilines is 1. The lowest BCUT2D eigenvalue weighted by Gasteiger charge is -2.19. The number of nitro benzene ring substituents is 1. The summed E-state index contributed by atoms with van der Waals surface area (Å²) in [6.45, 7) is 3.20. The maximum Gasteiger partial charge on any atom is 0.416 e. The van der Waals surface area contributed by atoms with Crippen molar-refractivity contribution in [1.29, 1.82) is 0 Å². The van der Waals surface area contributed by atoms with Crippen LogP contribution in [0.3, 0.4) is 0 Å². The molecule has 0 spiro atoms. The molecule has 2 heterocycles. The molecule has 1 N–H and O–H groups in total. The van der Waals surface area contributed by atoms with Crippen LogP contribution in [0.5, 0.6) is 0 Å². The Hall–Kier alpha value is -3.21. The monoisotopic (exact) mass is 492 g/mol. The molecule has 0 saturated carbocycles. The van der Waals surface area contributed by atoms with Gasteiger partial charge < -0.3 is 5.32 Å². The van der Waals surface area contributed by atoms with Crippen molar-refractivity contribution in [2.75, 3.05) is 16.8 Å². The lowest BCUT2D eigenvalue weighted by Crippen LogP contribution is -2.13. The minimum Gasteiger partial charge on any atom is -0.363 e. The number of nitro groups is 1. The number of rotatable bonds is 5. The number of alkyl halides is 3. The summed E-state index contributed by atoms with van der Waals surface area (Å²) in [7, 11) is 0. The Bertz CT molecular complexity index is 1310. The molecule has 1 aliphatic rings. The van der Waals surface area contributed by atoms with Gasteiger partial charge in [-0.3, -0.25) is 10.1 Å². The SMILES string of the molecule is Cc1nc(N[C@H](C)c2cc([N+](=O)[O-])cc(C(F)(F)F)c2)c2cc(C3=CCSCC3)c(F)cc2n1. The molecule has 0 saturated heterocycles. The summed E-state index contributed by atoms with van der Waals surface area (Å²) in [5.74, 6) is 1.91. The van der Waals surface area contributed by atoms with Gasteiger partial charge in [0.25, 0.3) is 5.69 Å². The number of non-ortho nitro benzene ring substituents is 1. The molecule has 178 valence electrons. The summed E-state index contributed by atoms with van der Waals surface area (Å²) in [5.41, 5.74) is -0.0318. The second kappa shape index (κ2) is 9.21. The Kier molecular flexibility index (Phi) is 6.48. The summed E-state index contributed by atoms with van der Waals surface area (Å²) in [4.78, 5) is 19.0. The lowest BCUT2D eigenvalue weighted by atomic mass is 9.99. The van der Waals surface area contributed by atoms with E-state index in [1.807, 2.05) is 6.08 Å². The second-order valence-corrected chi connectivity index (χ2v) is 9.11. The molecule has 0 radical (unpaired) electrons. The van der Waals surface area contributed by atoms with E-state index in [1.54, 1.807) is 31.7 Å². The number of hydrogen-bond acceptors (Lipinski definition) is 6. The van der Waals surface area contributed by atoms with Gasteiger partial charge in [-0.1, -0.05) is 6.08 Å². The van der Waals surface area contributed by atoms with Crippen molar-refractivity contribution in [3.63, 3.8) is 0 Å². The van der Waals surface area contributed by atoms with Crippen LogP contribution in [-0.2, 0) is 6.18 Å². The van der Waals surface area contributed by atoms with Crippen LogP contribution in [0, 0.1) is 22.9 Å². The standard InChI is InChI=1S/C23H20F4N4O2S/c1-12(15-7-16(23(25,26)27)9-17(8-15)31(32)33)28-22-19-10-18(14-3-5-34-6-4-14)20(24)11-21(19)29-13(2)30-22/h3,7-12H,4-6H2,1-2H3,(H,28,29,30)/t12-/m1/s1. The van der Waals surface area contributed by atoms with Crippen molar-refractivity contribution in [3.8, 4) is 0 Å². The number of fused-ring (bicyclic) bond motifs is 1. The minimum absolute atomic E-state index is 0.0697. The van der Waals surface area contributed by atoms with Gasteiger partial charge in [0, 0.05) is 34.9 Å². The minimum atomic E-state index is -4.74. The highest BCUT2D eigenvalue weighted by atomic mass is 32.2. The van der Waals surface area contributed by atoms with Crippen molar-refractivity contribution in [2.45, 2.75) is 32.5 Å². The molecule has 0 unspecified atom stereocenters. The Morgan fingerprint density at radius 1 is 1.18 bits per heavy atom. The third kappa shape index (κ3) is 4.98. The largest absolute Gasteiger partial charge is 0.416 e. The molecule has 1 aromatic heterocycles. The Morgan fingerprint density at radius 3 is 2.59 bits per heavy atom. The van der Waals surface area contributed by atoms with Crippen LogP contribution in [0.15, 0.2) is 36.4 Å². The molecular weight excluding hydrogens is 472 g/mol. The van der Waals surface area contributed by atoms with Crippen LogP contribution >= 0.6 is 11.8 Å². The third-order valence-electron chi connectivity index (χ3n) is 5.54. The number of aryl methyl sites for hydroxylation is 1. The van der Waals surface area contributed by atoms with Gasteiger partial charge in [0.05, 0.1) is 22.0 Å². The number of nitrogens with one attached hydrogen (secondary N) is 1. The van der Waals surface area contributed by atoms with Crippen LogP contribution in [0.4, 0.5) is 29.1 Å². The molecule has 1 atom stereocenters. The summed E-state index contributed by atoms with van der Waals surface area (Å²) in [6.07, 6.45) is -2.05. The van der Waals surface area contributed by atoms with Gasteiger partial charge in [-0.25, -0.2) is 14.4 Å². The highest BCUT2D eigenvalue weighted by Crippen LogP contribution is 2.36. The van der Waals surface area contributed by atoms with Crippen LogP contribution in [0.25, 0.3) is 16.5 Å². The molecule has 0 fully saturated rings. The van der Waals surface area contributed by atoms with Crippen LogP contribution in [0.1, 0.15) is 41.9 Å². The average molecular weight is 492 g/mol. The van der Waals surface area contributed by atoms with Crippen molar-refractivity contribution in [2.24, 2.45) is 0 Å². The Balaban J connectivity index is 1.78. The van der Waals surface area contributed by atoms with E-state index in [9.17, 15) is 27.7 Å². The summed E-state index contributed by atoms with van der Waals surface area (Å²) in [5, 5.41) is 14.8. The van der Waals surface area contributed by atoms with Gasteiger partial charge in [0.15, 0.2) is 0 Å². The van der Waals surface area contributed by atoms with Crippen molar-refractivity contribution < 1.29 is 22.5 Å². The molecule has 2 aromatic carbocycles. The fourth-order valence-corrected chi connectivity index (χ4v) is 4.69. The second-order valence-electron chi connectivity index (χ2n) is 7.96. The van der Waals surface area contributed by atoms with Crippen molar-refractivity contribution >= 4 is 39.7 Å². The molecule has 0 bridgehead atoms. The van der Waals surface area contributed by atoms with E-state index in [-0.39, 0.29) is 5.56 Å². The maximum atomic E-state index is 14.9. The van der Waals surface area contributed by atoms with E-state index in [4.69, 9.17) is 0 Å². The predicted molar refractivity (Wildman–Crippen MR) is 124 cm³/mol. The van der Waals surface area contributed by atoms with E-state index >= 15 is 0 Å². The van der Waals surface area contributed by atoms with Gasteiger partial charge in [-0.05, 0) is 49.3 Å². The van der Waals surface area contributed by atoms with E-state index in [1.165, 1.54) is 6.07 Å². The summed E-state index contributed by atoms with van der Waals surface area (Å²) >= 11 is 1.76. The van der Waals surface area contributed by atoms with E-state index in [0.29, 0.717) is 40.6 Å². The molecular formula is C23H20F4N4O2S. The highest BCUT2D eigenvalue weighted by Gasteiger charge is 2.33. The van der Waals surface area contributed by atoms with Gasteiger partial charge in [-0.15, -0.1) is 0 Å². The predicted octanol–water partition coefficient (Wildman–Crippen LogP) is 6.70. The van der Waals surface area contributed by atoms with Crippen LogP contribution < -0.4 is 5.32 Å². The fourth-order valence-electron chi connectivity index (χ4n) is 3.84. The first-order valence-electron chi connectivity index (χ1n) is 10.4. The van der Waals surface area contributed by atoms with Gasteiger partial charge >= 0.3 is 6.18 Å². The first-order chi connectivity index (χ1) is 16.0. The third-order valence-corrected chi connectivity index (χ3v) is 6.43. The summed E-state index contributed by atoms with van der Waals surface area (Å²) in [6, 6.07) is 4.68. The van der Waals surface area contributed by atoms with Crippen LogP contribution in [0.2, 0.25) is 0 Å². The zero-order valence-corrected chi connectivity index (χ0v) is 19.1. The molecule has 1 aliphatic heterocycles. The molecule has 11 heteroatoms. The molecule has 34 heavy (non-hydrogen) atoms. The number of aromatic nitrogens is 2. The Labute approximate surface area is 196 Å². The smallest absolute Gasteiger partial charge is 0.363 e. The molecule has 6 nitrogen and oxygen atoms in total. The first-order valence-corrected chi connectivity index (χ1v) is 11.6. The molecule has 0 amide bonds. The van der Waals surface area contributed by atoms with Gasteiger partial charge in [0.1, 0.15) is 17.5 Å². The summed E-state index contributed by atoms with van der Waals surface area (Å²) < 4.78 is 54.8. The zero-order valence-electron chi connectivity index (χ0n) is 18.2. The topological polar surface area (TPSA) is 81.0 Å². The fraction of sp³-hybridized carbons (Fsp3) is 0.304. The molecule has 0 aliphatic carbocycles. The Morgan fingerprint density at radius 2 is 1.94 bits per heavy atom. The van der Waals surface area contributed by atoms with E-state index in [2.05, 4.69) is 15.3 Å². The number of benzene rings is 2. The first kappa shape index (κ1) is 23.9. The van der Waals surface area contributed by atoms with Crippen molar-refractivity contribution in [1.82, 2.24) is 9.97 Å². The van der Waals surface area contributed by atoms with E-state index < -0.39 is 34.2 Å². The number of thioether (sulfide) groups is 1. The van der Waals surface area contributed by atoms with Crippen molar-refractivity contribution in [3.05, 3.63) is 74.9 Å². The van der Waals surface area contributed by atoms with Gasteiger partial charge in [-0.2, -0.15) is 24.9 Å². The number of halogens is 4. The average Bonchev–Trinajstić information content (AvgIpc) is 2.78. The quantitative estimate of drug-likeness (QED) is 0.243. The normalized spacial score (nSPS) is 15.2. The molecule has 3 aromatic rings. The lowest BCUT2D eigenvalue weighted by molar-refractivity contribution is -0.385. The van der Waals surface area contributed by atoms with Gasteiger partial charge in [0.2, 0.25) is 0 Å². The van der Waals surface area contributed by atoms with Crippen LogP contribution in [-0.4, -0.2) is 26.4 Å². The van der Waals surface area contributed by atoms with E-state index in [0.717, 1.165) is 29.2 Å². The molecule has 4 rings (SSSR count). The zero-order chi connectivity index (χ0) is 24.6. The maximum absolute atomic E-state index is 14.9. The highest BCUT2D eigenvalue weighted by molar-refractivity contribution is 7.99. The number of nitrogens with zero attached hydrogens (tertiary/aromatic N) is 3. The number of allylic oxidation sites excluding steroid dienone is 1. The number of hydrogen-bond donors (Lipinski definition) is 1.